The molecule has 0 amide bonds. The summed E-state index contributed by atoms with van der Waals surface area (Å²) in [6.45, 7) is 0. The van der Waals surface area contributed by atoms with Crippen molar-refractivity contribution in [1.82, 2.24) is 10.2 Å². The van der Waals surface area contributed by atoms with Gasteiger partial charge in [-0.2, -0.15) is 0 Å². The van der Waals surface area contributed by atoms with Crippen molar-refractivity contribution in [3.05, 3.63) is 76.2 Å². The van der Waals surface area contributed by atoms with E-state index in [1.165, 1.54) is 12.1 Å². The minimum Gasteiger partial charge on any atom is -0.419 e. The van der Waals surface area contributed by atoms with Crippen LogP contribution in [0.5, 0.6) is 0 Å². The van der Waals surface area contributed by atoms with E-state index in [4.69, 9.17) is 10.2 Å². The second kappa shape index (κ2) is 5.74. The summed E-state index contributed by atoms with van der Waals surface area (Å²) < 4.78 is 5.57. The summed E-state index contributed by atoms with van der Waals surface area (Å²) in [6.07, 6.45) is 0. The van der Waals surface area contributed by atoms with Crippen LogP contribution in [0.2, 0.25) is 0 Å². The summed E-state index contributed by atoms with van der Waals surface area (Å²) in [4.78, 5) is 10.3. The number of benzene rings is 2. The quantitative estimate of drug-likeness (QED) is 0.585. The molecule has 1 aromatic heterocycles. The van der Waals surface area contributed by atoms with Crippen LogP contribution < -0.4 is 5.73 Å². The molecule has 3 aromatic rings. The Balaban J connectivity index is 1.90. The van der Waals surface area contributed by atoms with Crippen molar-refractivity contribution in [3.63, 3.8) is 0 Å². The Labute approximate surface area is 125 Å². The highest BCUT2D eigenvalue weighted by Gasteiger charge is 2.19. The van der Waals surface area contributed by atoms with E-state index in [9.17, 15) is 10.1 Å². The van der Waals surface area contributed by atoms with Gasteiger partial charge in [-0.25, -0.2) is 0 Å². The maximum Gasteiger partial charge on any atom is 0.269 e. The van der Waals surface area contributed by atoms with Crippen LogP contribution in [-0.2, 0) is 0 Å². The second-order valence-corrected chi connectivity index (χ2v) is 4.64. The van der Waals surface area contributed by atoms with Crippen molar-refractivity contribution in [3.8, 4) is 11.5 Å². The van der Waals surface area contributed by atoms with Crippen molar-refractivity contribution in [2.24, 2.45) is 5.73 Å². The van der Waals surface area contributed by atoms with Crippen molar-refractivity contribution >= 4 is 5.69 Å². The SMILES string of the molecule is N[C@H](c1cccc([N+](=O)[O-])c1)c1nnc(-c2ccccc2)o1. The third-order valence-corrected chi connectivity index (χ3v) is 3.17. The largest absolute Gasteiger partial charge is 0.419 e. The normalized spacial score (nSPS) is 12.0. The highest BCUT2D eigenvalue weighted by Crippen LogP contribution is 2.25. The maximum absolute atomic E-state index is 10.8. The molecule has 2 aromatic carbocycles. The van der Waals surface area contributed by atoms with Crippen LogP contribution in [0.1, 0.15) is 17.5 Å². The van der Waals surface area contributed by atoms with Gasteiger partial charge in [0.1, 0.15) is 6.04 Å². The first-order valence-electron chi connectivity index (χ1n) is 6.54. The van der Waals surface area contributed by atoms with Crippen LogP contribution in [0.4, 0.5) is 5.69 Å². The molecule has 1 heterocycles. The number of nitro groups is 1. The molecule has 7 nitrogen and oxygen atoms in total. The highest BCUT2D eigenvalue weighted by atomic mass is 16.6. The number of hydrogen-bond acceptors (Lipinski definition) is 6. The Bertz CT molecular complexity index is 801. The third kappa shape index (κ3) is 2.70. The van der Waals surface area contributed by atoms with Gasteiger partial charge >= 0.3 is 0 Å². The maximum atomic E-state index is 10.8. The van der Waals surface area contributed by atoms with Crippen molar-refractivity contribution in [1.29, 1.82) is 0 Å². The third-order valence-electron chi connectivity index (χ3n) is 3.17. The Morgan fingerprint density at radius 3 is 2.59 bits per heavy atom. The van der Waals surface area contributed by atoms with Crippen LogP contribution >= 0.6 is 0 Å². The average Bonchev–Trinajstić information content (AvgIpc) is 3.05. The summed E-state index contributed by atoms with van der Waals surface area (Å²) in [5.74, 6) is 0.566. The van der Waals surface area contributed by atoms with Gasteiger partial charge < -0.3 is 10.2 Å². The zero-order valence-electron chi connectivity index (χ0n) is 11.4. The molecule has 22 heavy (non-hydrogen) atoms. The topological polar surface area (TPSA) is 108 Å². The van der Waals surface area contributed by atoms with Gasteiger partial charge in [-0.15, -0.1) is 10.2 Å². The Morgan fingerprint density at radius 1 is 1.09 bits per heavy atom. The molecule has 0 aliphatic heterocycles. The smallest absolute Gasteiger partial charge is 0.269 e. The molecule has 1 atom stereocenters. The van der Waals surface area contributed by atoms with E-state index in [2.05, 4.69) is 10.2 Å². The van der Waals surface area contributed by atoms with Crippen molar-refractivity contribution in [2.75, 3.05) is 0 Å². The zero-order chi connectivity index (χ0) is 15.5. The molecule has 2 N–H and O–H groups in total. The lowest BCUT2D eigenvalue weighted by molar-refractivity contribution is -0.384. The van der Waals surface area contributed by atoms with Crippen LogP contribution in [0.3, 0.4) is 0 Å². The van der Waals surface area contributed by atoms with Crippen molar-refractivity contribution < 1.29 is 9.34 Å². The van der Waals surface area contributed by atoms with Gasteiger partial charge in [0, 0.05) is 17.7 Å². The number of non-ortho nitro benzene ring substituents is 1. The number of rotatable bonds is 4. The monoisotopic (exact) mass is 296 g/mol. The Kier molecular flexibility index (Phi) is 3.63. The van der Waals surface area contributed by atoms with Gasteiger partial charge in [-0.05, 0) is 17.7 Å². The van der Waals surface area contributed by atoms with Crippen LogP contribution in [0.15, 0.2) is 59.0 Å². The fourth-order valence-electron chi connectivity index (χ4n) is 2.03. The molecule has 0 unspecified atom stereocenters. The minimum atomic E-state index is -0.718. The lowest BCUT2D eigenvalue weighted by atomic mass is 10.1. The molecular weight excluding hydrogens is 284 g/mol. The fourth-order valence-corrected chi connectivity index (χ4v) is 2.03. The van der Waals surface area contributed by atoms with Gasteiger partial charge in [0.25, 0.3) is 5.69 Å². The Morgan fingerprint density at radius 2 is 1.86 bits per heavy atom. The average molecular weight is 296 g/mol. The zero-order valence-corrected chi connectivity index (χ0v) is 11.4. The molecule has 7 heteroatoms. The fraction of sp³-hybridized carbons (Fsp3) is 0.0667. The highest BCUT2D eigenvalue weighted by molar-refractivity contribution is 5.52. The molecule has 0 saturated heterocycles. The van der Waals surface area contributed by atoms with Crippen LogP contribution in [0.25, 0.3) is 11.5 Å². The first-order valence-corrected chi connectivity index (χ1v) is 6.54. The van der Waals surface area contributed by atoms with Gasteiger partial charge in [0.2, 0.25) is 11.8 Å². The van der Waals surface area contributed by atoms with E-state index in [1.807, 2.05) is 30.3 Å². The molecule has 3 rings (SSSR count). The minimum absolute atomic E-state index is 0.0317. The number of nitrogens with zero attached hydrogens (tertiary/aromatic N) is 3. The van der Waals surface area contributed by atoms with Gasteiger partial charge in [-0.1, -0.05) is 30.3 Å². The van der Waals surface area contributed by atoms with Crippen LogP contribution in [-0.4, -0.2) is 15.1 Å². The molecule has 0 saturated carbocycles. The summed E-state index contributed by atoms with van der Waals surface area (Å²) in [7, 11) is 0. The van der Waals surface area contributed by atoms with Gasteiger partial charge in [0.05, 0.1) is 4.92 Å². The number of nitro benzene ring substituents is 1. The Hall–Kier alpha value is -3.06. The molecule has 110 valence electrons. The standard InChI is InChI=1S/C15H12N4O3/c16-13(11-7-4-8-12(9-11)19(20)21)15-18-17-14(22-15)10-5-2-1-3-6-10/h1-9,13H,16H2/t13-/m1/s1. The van der Waals surface area contributed by atoms with E-state index in [1.54, 1.807) is 12.1 Å². The van der Waals surface area contributed by atoms with Crippen LogP contribution in [0, 0.1) is 10.1 Å². The van der Waals surface area contributed by atoms with E-state index < -0.39 is 11.0 Å². The number of nitrogens with two attached hydrogens (primary N) is 1. The second-order valence-electron chi connectivity index (χ2n) is 4.64. The molecule has 0 bridgehead atoms. The summed E-state index contributed by atoms with van der Waals surface area (Å²) in [5, 5.41) is 18.7. The summed E-state index contributed by atoms with van der Waals surface area (Å²) in [6, 6.07) is 14.6. The first-order chi connectivity index (χ1) is 10.6. The molecule has 0 aliphatic rings. The first kappa shape index (κ1) is 13.9. The summed E-state index contributed by atoms with van der Waals surface area (Å²) in [5.41, 5.74) is 7.35. The van der Waals surface area contributed by atoms with E-state index in [0.29, 0.717) is 11.5 Å². The number of aromatic nitrogens is 2. The van der Waals surface area contributed by atoms with Crippen molar-refractivity contribution in [2.45, 2.75) is 6.04 Å². The van der Waals surface area contributed by atoms with Gasteiger partial charge in [-0.3, -0.25) is 10.1 Å². The lowest BCUT2D eigenvalue weighted by Gasteiger charge is -2.06. The van der Waals surface area contributed by atoms with E-state index in [0.717, 1.165) is 5.56 Å². The molecule has 0 spiro atoms. The van der Waals surface area contributed by atoms with Gasteiger partial charge in [0.15, 0.2) is 0 Å². The molecule has 0 aliphatic carbocycles. The predicted molar refractivity (Wildman–Crippen MR) is 78.9 cm³/mol. The lowest BCUT2D eigenvalue weighted by Crippen LogP contribution is -2.12. The van der Waals surface area contributed by atoms with E-state index >= 15 is 0 Å². The van der Waals surface area contributed by atoms with E-state index in [-0.39, 0.29) is 11.6 Å². The summed E-state index contributed by atoms with van der Waals surface area (Å²) >= 11 is 0. The molecule has 0 radical (unpaired) electrons. The number of hydrogen-bond donors (Lipinski definition) is 1. The predicted octanol–water partition coefficient (Wildman–Crippen LogP) is 2.69. The molecular formula is C15H12N4O3. The molecule has 0 fully saturated rings.